The van der Waals surface area contributed by atoms with Crippen molar-refractivity contribution in [3.63, 3.8) is 0 Å². The average molecular weight is 276 g/mol. The lowest BCUT2D eigenvalue weighted by molar-refractivity contribution is -0.146. The molecule has 0 spiro atoms. The fourth-order valence-corrected chi connectivity index (χ4v) is 4.04. The molecule has 1 atom stereocenters. The number of urea groups is 1. The monoisotopic (exact) mass is 276 g/mol. The van der Waals surface area contributed by atoms with Crippen LogP contribution in [0.2, 0.25) is 0 Å². The summed E-state index contributed by atoms with van der Waals surface area (Å²) >= 11 is 0. The maximum Gasteiger partial charge on any atom is 0.317 e. The Kier molecular flexibility index (Phi) is 3.47. The second kappa shape index (κ2) is 4.75. The van der Waals surface area contributed by atoms with Crippen LogP contribution in [0.15, 0.2) is 0 Å². The minimum Gasteiger partial charge on any atom is -0.481 e. The smallest absolute Gasteiger partial charge is 0.317 e. The molecule has 0 aromatic carbocycles. The molecule has 0 saturated carbocycles. The van der Waals surface area contributed by atoms with Crippen LogP contribution in [0.4, 0.5) is 4.79 Å². The summed E-state index contributed by atoms with van der Waals surface area (Å²) in [6, 6.07) is -0.309. The molecule has 102 valence electrons. The highest BCUT2D eigenvalue weighted by atomic mass is 32.2. The van der Waals surface area contributed by atoms with E-state index in [1.807, 2.05) is 0 Å². The number of carbonyl (C=O) groups is 2. The topological polar surface area (TPSA) is 104 Å². The van der Waals surface area contributed by atoms with Crippen LogP contribution in [0.5, 0.6) is 0 Å². The van der Waals surface area contributed by atoms with Crippen molar-refractivity contribution in [2.45, 2.75) is 6.42 Å². The predicted octanol–water partition coefficient (Wildman–Crippen LogP) is -0.853. The van der Waals surface area contributed by atoms with Gasteiger partial charge in [-0.15, -0.1) is 0 Å². The van der Waals surface area contributed by atoms with E-state index in [2.05, 4.69) is 5.32 Å². The lowest BCUT2D eigenvalue weighted by Crippen LogP contribution is -2.56. The number of amides is 2. The molecule has 2 heterocycles. The first kappa shape index (κ1) is 13.1. The van der Waals surface area contributed by atoms with E-state index in [1.54, 1.807) is 0 Å². The molecule has 2 rings (SSSR count). The molecule has 2 fully saturated rings. The van der Waals surface area contributed by atoms with Gasteiger partial charge < -0.3 is 15.3 Å². The van der Waals surface area contributed by atoms with Gasteiger partial charge in [-0.25, -0.2) is 13.2 Å². The van der Waals surface area contributed by atoms with E-state index in [9.17, 15) is 18.0 Å². The number of likely N-dealkylation sites (tertiary alicyclic amines) is 1. The zero-order valence-corrected chi connectivity index (χ0v) is 10.6. The third-order valence-electron chi connectivity index (χ3n) is 3.39. The Hall–Kier alpha value is -1.31. The van der Waals surface area contributed by atoms with Crippen molar-refractivity contribution in [2.24, 2.45) is 11.8 Å². The summed E-state index contributed by atoms with van der Waals surface area (Å²) in [6.45, 7) is 0.792. The molecule has 2 amide bonds. The van der Waals surface area contributed by atoms with Crippen molar-refractivity contribution in [3.8, 4) is 0 Å². The summed E-state index contributed by atoms with van der Waals surface area (Å²) in [7, 11) is -2.92. The van der Waals surface area contributed by atoms with Gasteiger partial charge in [-0.3, -0.25) is 4.79 Å². The van der Waals surface area contributed by atoms with Crippen molar-refractivity contribution in [1.82, 2.24) is 10.2 Å². The number of nitrogens with zero attached hydrogens (tertiary/aromatic N) is 1. The van der Waals surface area contributed by atoms with Crippen molar-refractivity contribution in [3.05, 3.63) is 0 Å². The number of nitrogens with one attached hydrogen (secondary N) is 1. The number of hydrogen-bond acceptors (Lipinski definition) is 4. The summed E-state index contributed by atoms with van der Waals surface area (Å²) < 4.78 is 22.4. The maximum absolute atomic E-state index is 11.6. The minimum atomic E-state index is -2.92. The number of carboxylic acids is 1. The van der Waals surface area contributed by atoms with Gasteiger partial charge in [-0.1, -0.05) is 0 Å². The van der Waals surface area contributed by atoms with Crippen LogP contribution in [0.25, 0.3) is 0 Å². The Morgan fingerprint density at radius 2 is 2.00 bits per heavy atom. The molecule has 18 heavy (non-hydrogen) atoms. The number of carboxylic acid groups (broad SMARTS) is 1. The van der Waals surface area contributed by atoms with Crippen LogP contribution in [0, 0.1) is 11.8 Å². The molecule has 2 N–H and O–H groups in total. The highest BCUT2D eigenvalue weighted by Gasteiger charge is 2.36. The quantitative estimate of drug-likeness (QED) is 0.698. The Bertz CT molecular complexity index is 455. The highest BCUT2D eigenvalue weighted by Crippen LogP contribution is 2.18. The van der Waals surface area contributed by atoms with Gasteiger partial charge >= 0.3 is 12.0 Å². The third-order valence-corrected chi connectivity index (χ3v) is 5.22. The van der Waals surface area contributed by atoms with Gasteiger partial charge in [0.25, 0.3) is 0 Å². The maximum atomic E-state index is 11.6. The minimum absolute atomic E-state index is 0.0181. The molecule has 0 bridgehead atoms. The Morgan fingerprint density at radius 1 is 1.33 bits per heavy atom. The van der Waals surface area contributed by atoms with Gasteiger partial charge in [0.1, 0.15) is 0 Å². The molecule has 8 heteroatoms. The number of aliphatic carboxylic acids is 1. The summed E-state index contributed by atoms with van der Waals surface area (Å²) in [6.07, 6.45) is 0.584. The average Bonchev–Trinajstić information content (AvgIpc) is 2.52. The first-order valence-electron chi connectivity index (χ1n) is 5.83. The zero-order valence-electron chi connectivity index (χ0n) is 9.83. The summed E-state index contributed by atoms with van der Waals surface area (Å²) in [5.74, 6) is -1.05. The number of rotatable bonds is 3. The molecule has 2 aliphatic rings. The van der Waals surface area contributed by atoms with E-state index in [0.717, 1.165) is 0 Å². The van der Waals surface area contributed by atoms with Gasteiger partial charge in [0, 0.05) is 19.6 Å². The molecule has 2 saturated heterocycles. The van der Waals surface area contributed by atoms with Crippen molar-refractivity contribution in [1.29, 1.82) is 0 Å². The highest BCUT2D eigenvalue weighted by molar-refractivity contribution is 7.91. The first-order chi connectivity index (χ1) is 8.37. The summed E-state index contributed by atoms with van der Waals surface area (Å²) in [5.41, 5.74) is 0. The standard InChI is InChI=1S/C10H16N2O5S/c13-9(14)8-4-12(5-8)10(15)11-3-7-1-2-18(16,17)6-7/h7-8H,1-6H2,(H,11,15)(H,13,14). The van der Waals surface area contributed by atoms with Gasteiger partial charge in [0.15, 0.2) is 9.84 Å². The van der Waals surface area contributed by atoms with E-state index < -0.39 is 21.7 Å². The fourth-order valence-electron chi connectivity index (χ4n) is 2.18. The number of sulfone groups is 1. The third kappa shape index (κ3) is 2.92. The number of hydrogen-bond donors (Lipinski definition) is 2. The van der Waals surface area contributed by atoms with Crippen LogP contribution in [0.3, 0.4) is 0 Å². The summed E-state index contributed by atoms with van der Waals surface area (Å²) in [5, 5.41) is 11.3. The number of carbonyl (C=O) groups excluding carboxylic acids is 1. The largest absolute Gasteiger partial charge is 0.481 e. The fraction of sp³-hybridized carbons (Fsp3) is 0.800. The van der Waals surface area contributed by atoms with Gasteiger partial charge in [0.2, 0.25) is 0 Å². The second-order valence-corrected chi connectivity index (χ2v) is 7.12. The Balaban J connectivity index is 1.69. The molecule has 1 unspecified atom stereocenters. The van der Waals surface area contributed by atoms with E-state index in [1.165, 1.54) is 4.90 Å². The lowest BCUT2D eigenvalue weighted by atomic mass is 10.0. The normalized spacial score (nSPS) is 26.7. The van der Waals surface area contributed by atoms with E-state index >= 15 is 0 Å². The molecule has 0 radical (unpaired) electrons. The summed E-state index contributed by atoms with van der Waals surface area (Å²) in [4.78, 5) is 23.6. The van der Waals surface area contributed by atoms with Gasteiger partial charge in [-0.05, 0) is 12.3 Å². The van der Waals surface area contributed by atoms with Crippen molar-refractivity contribution < 1.29 is 23.1 Å². The van der Waals surface area contributed by atoms with Crippen LogP contribution in [-0.4, -0.2) is 61.6 Å². The van der Waals surface area contributed by atoms with Crippen LogP contribution in [-0.2, 0) is 14.6 Å². The zero-order chi connectivity index (χ0) is 13.3. The molecular weight excluding hydrogens is 260 g/mol. The van der Waals surface area contributed by atoms with E-state index in [4.69, 9.17) is 5.11 Å². The van der Waals surface area contributed by atoms with Crippen LogP contribution >= 0.6 is 0 Å². The Labute approximate surface area is 105 Å². The first-order valence-corrected chi connectivity index (χ1v) is 7.65. The van der Waals surface area contributed by atoms with Crippen LogP contribution < -0.4 is 5.32 Å². The molecule has 0 aliphatic carbocycles. The van der Waals surface area contributed by atoms with E-state index in [0.29, 0.717) is 13.0 Å². The molecule has 2 aliphatic heterocycles. The lowest BCUT2D eigenvalue weighted by Gasteiger charge is -2.36. The SMILES string of the molecule is O=C(O)C1CN(C(=O)NCC2CCS(=O)(=O)C2)C1. The second-order valence-electron chi connectivity index (χ2n) is 4.90. The Morgan fingerprint density at radius 3 is 2.50 bits per heavy atom. The van der Waals surface area contributed by atoms with Crippen molar-refractivity contribution in [2.75, 3.05) is 31.1 Å². The molecule has 7 nitrogen and oxygen atoms in total. The van der Waals surface area contributed by atoms with Gasteiger partial charge in [0.05, 0.1) is 17.4 Å². The molecular formula is C10H16N2O5S. The van der Waals surface area contributed by atoms with E-state index in [-0.39, 0.29) is 36.5 Å². The van der Waals surface area contributed by atoms with Crippen LogP contribution in [0.1, 0.15) is 6.42 Å². The predicted molar refractivity (Wildman–Crippen MR) is 62.9 cm³/mol. The molecule has 0 aromatic heterocycles. The van der Waals surface area contributed by atoms with Crippen molar-refractivity contribution >= 4 is 21.8 Å². The molecule has 0 aromatic rings. The van der Waals surface area contributed by atoms with Gasteiger partial charge in [-0.2, -0.15) is 0 Å².